The fourth-order valence-electron chi connectivity index (χ4n) is 4.99. The van der Waals surface area contributed by atoms with Crippen LogP contribution in [0.4, 0.5) is 0 Å². The minimum Gasteiger partial charge on any atom is -0.497 e. The summed E-state index contributed by atoms with van der Waals surface area (Å²) >= 11 is 0. The summed E-state index contributed by atoms with van der Waals surface area (Å²) in [6.07, 6.45) is 2.16. The summed E-state index contributed by atoms with van der Waals surface area (Å²) in [5.74, 6) is 1.91. The Hall–Kier alpha value is -2.53. The van der Waals surface area contributed by atoms with Crippen LogP contribution in [-0.4, -0.2) is 61.6 Å². The Balaban J connectivity index is 1.67. The number of para-hydroxylation sites is 1. The van der Waals surface area contributed by atoms with Gasteiger partial charge in [-0.3, -0.25) is 4.79 Å². The first-order chi connectivity index (χ1) is 14.1. The van der Waals surface area contributed by atoms with Crippen LogP contribution < -0.4 is 9.47 Å². The molecule has 2 aliphatic heterocycles. The van der Waals surface area contributed by atoms with Gasteiger partial charge in [0.05, 0.1) is 25.3 Å². The predicted octanol–water partition coefficient (Wildman–Crippen LogP) is 3.80. The van der Waals surface area contributed by atoms with Gasteiger partial charge in [0.2, 0.25) is 0 Å². The lowest BCUT2D eigenvalue weighted by Crippen LogP contribution is -2.52. The second kappa shape index (κ2) is 8.46. The Kier molecular flexibility index (Phi) is 5.76. The molecule has 4 rings (SSSR count). The summed E-state index contributed by atoms with van der Waals surface area (Å²) < 4.78 is 11.1. The van der Waals surface area contributed by atoms with Crippen molar-refractivity contribution in [1.29, 1.82) is 0 Å². The smallest absolute Gasteiger partial charge is 0.257 e. The molecule has 0 aromatic heterocycles. The number of hydrogen-bond donors (Lipinski definition) is 0. The molecule has 0 radical (unpaired) electrons. The number of likely N-dealkylation sites (N-methyl/N-ethyl adjacent to an activating group) is 1. The van der Waals surface area contributed by atoms with Gasteiger partial charge in [-0.05, 0) is 56.6 Å². The number of likely N-dealkylation sites (tertiary alicyclic amines) is 2. The Bertz CT molecular complexity index is 851. The Morgan fingerprint density at radius 3 is 2.62 bits per heavy atom. The second-order valence-electron chi connectivity index (χ2n) is 7.95. The Morgan fingerprint density at radius 2 is 1.90 bits per heavy atom. The molecule has 5 heteroatoms. The van der Waals surface area contributed by atoms with Crippen molar-refractivity contribution in [2.75, 3.05) is 33.9 Å². The van der Waals surface area contributed by atoms with Gasteiger partial charge >= 0.3 is 0 Å². The summed E-state index contributed by atoms with van der Waals surface area (Å²) in [5.41, 5.74) is 1.93. The molecular formula is C24H30N2O3. The van der Waals surface area contributed by atoms with Crippen LogP contribution in [0.5, 0.6) is 11.5 Å². The highest BCUT2D eigenvalue weighted by Crippen LogP contribution is 2.40. The van der Waals surface area contributed by atoms with Crippen molar-refractivity contribution >= 4 is 5.91 Å². The number of piperidine rings is 1. The van der Waals surface area contributed by atoms with E-state index in [1.165, 1.54) is 5.56 Å². The third kappa shape index (κ3) is 3.71. The fraction of sp³-hybridized carbons (Fsp3) is 0.458. The lowest BCUT2D eigenvalue weighted by atomic mass is 9.85. The molecule has 29 heavy (non-hydrogen) atoms. The van der Waals surface area contributed by atoms with Crippen LogP contribution in [-0.2, 0) is 0 Å². The molecule has 0 saturated carbocycles. The van der Waals surface area contributed by atoms with Crippen LogP contribution in [0.1, 0.15) is 41.6 Å². The van der Waals surface area contributed by atoms with Crippen molar-refractivity contribution < 1.29 is 14.3 Å². The highest BCUT2D eigenvalue weighted by molar-refractivity contribution is 5.97. The van der Waals surface area contributed by atoms with Gasteiger partial charge in [0.25, 0.3) is 5.91 Å². The molecule has 2 heterocycles. The first-order valence-corrected chi connectivity index (χ1v) is 10.5. The summed E-state index contributed by atoms with van der Waals surface area (Å²) in [6, 6.07) is 16.5. The number of hydrogen-bond acceptors (Lipinski definition) is 4. The molecule has 2 fully saturated rings. The van der Waals surface area contributed by atoms with E-state index in [4.69, 9.17) is 9.47 Å². The number of amides is 1. The molecule has 0 bridgehead atoms. The van der Waals surface area contributed by atoms with E-state index in [-0.39, 0.29) is 11.9 Å². The first kappa shape index (κ1) is 19.8. The monoisotopic (exact) mass is 394 g/mol. The van der Waals surface area contributed by atoms with Gasteiger partial charge in [-0.25, -0.2) is 0 Å². The van der Waals surface area contributed by atoms with E-state index in [1.54, 1.807) is 7.11 Å². The van der Waals surface area contributed by atoms with Crippen LogP contribution in [0.3, 0.4) is 0 Å². The summed E-state index contributed by atoms with van der Waals surface area (Å²) in [5, 5.41) is 0. The molecule has 2 aliphatic rings. The lowest BCUT2D eigenvalue weighted by Gasteiger charge is -2.41. The summed E-state index contributed by atoms with van der Waals surface area (Å²) in [6.45, 7) is 4.25. The zero-order valence-electron chi connectivity index (χ0n) is 17.5. The summed E-state index contributed by atoms with van der Waals surface area (Å²) in [4.78, 5) is 18.2. The Morgan fingerprint density at radius 1 is 1.14 bits per heavy atom. The van der Waals surface area contributed by atoms with Gasteiger partial charge in [0.1, 0.15) is 11.5 Å². The van der Waals surface area contributed by atoms with Gasteiger partial charge in [0.15, 0.2) is 0 Å². The molecular weight excluding hydrogens is 364 g/mol. The molecule has 2 saturated heterocycles. The number of benzene rings is 2. The largest absolute Gasteiger partial charge is 0.497 e. The number of rotatable bonds is 5. The molecule has 0 unspecified atom stereocenters. The maximum atomic E-state index is 13.6. The predicted molar refractivity (Wildman–Crippen MR) is 114 cm³/mol. The minimum atomic E-state index is 0.0811. The maximum absolute atomic E-state index is 13.6. The van der Waals surface area contributed by atoms with E-state index < -0.39 is 0 Å². The van der Waals surface area contributed by atoms with E-state index >= 15 is 0 Å². The normalized spacial score (nSPS) is 24.2. The number of carbonyl (C=O) groups excluding carboxylic acids is 1. The van der Waals surface area contributed by atoms with Gasteiger partial charge in [0, 0.05) is 25.0 Å². The number of ether oxygens (including phenoxy) is 2. The highest BCUT2D eigenvalue weighted by Gasteiger charge is 2.47. The van der Waals surface area contributed by atoms with Crippen molar-refractivity contribution in [3.63, 3.8) is 0 Å². The molecule has 5 nitrogen and oxygen atoms in total. The molecule has 2 aromatic carbocycles. The lowest BCUT2D eigenvalue weighted by molar-refractivity contribution is 0.0521. The molecule has 0 aliphatic carbocycles. The van der Waals surface area contributed by atoms with Crippen molar-refractivity contribution in [3.05, 3.63) is 59.7 Å². The average Bonchev–Trinajstić information content (AvgIpc) is 3.11. The van der Waals surface area contributed by atoms with Crippen LogP contribution in [0.15, 0.2) is 48.5 Å². The molecule has 2 aromatic rings. The average molecular weight is 395 g/mol. The quantitative estimate of drug-likeness (QED) is 0.774. The topological polar surface area (TPSA) is 42.0 Å². The van der Waals surface area contributed by atoms with Crippen molar-refractivity contribution in [1.82, 2.24) is 9.80 Å². The van der Waals surface area contributed by atoms with Gasteiger partial charge < -0.3 is 19.3 Å². The number of carbonyl (C=O) groups is 1. The van der Waals surface area contributed by atoms with Crippen LogP contribution >= 0.6 is 0 Å². The SMILES string of the molecule is CCOc1ccccc1C(=O)N1CCC[C@@H]2[C@H]1[C@@H](c1ccc(OC)cc1)CN2C. The third-order valence-corrected chi connectivity index (χ3v) is 6.34. The van der Waals surface area contributed by atoms with Crippen LogP contribution in [0.2, 0.25) is 0 Å². The van der Waals surface area contributed by atoms with Crippen molar-refractivity contribution in [3.8, 4) is 11.5 Å². The number of methoxy groups -OCH3 is 1. The molecule has 0 N–H and O–H groups in total. The van der Waals surface area contributed by atoms with E-state index in [0.29, 0.717) is 29.9 Å². The molecule has 1 amide bonds. The third-order valence-electron chi connectivity index (χ3n) is 6.34. The van der Waals surface area contributed by atoms with Gasteiger partial charge in [-0.15, -0.1) is 0 Å². The van der Waals surface area contributed by atoms with E-state index in [9.17, 15) is 4.79 Å². The first-order valence-electron chi connectivity index (χ1n) is 10.5. The van der Waals surface area contributed by atoms with Crippen molar-refractivity contribution in [2.45, 2.75) is 37.8 Å². The fourth-order valence-corrected chi connectivity index (χ4v) is 4.99. The maximum Gasteiger partial charge on any atom is 0.257 e. The Labute approximate surface area is 173 Å². The van der Waals surface area contributed by atoms with E-state index in [0.717, 1.165) is 31.7 Å². The van der Waals surface area contributed by atoms with Crippen LogP contribution in [0.25, 0.3) is 0 Å². The number of nitrogens with zero attached hydrogens (tertiary/aromatic N) is 2. The minimum absolute atomic E-state index is 0.0811. The van der Waals surface area contributed by atoms with E-state index in [2.05, 4.69) is 29.0 Å². The molecule has 3 atom stereocenters. The zero-order chi connectivity index (χ0) is 20.4. The summed E-state index contributed by atoms with van der Waals surface area (Å²) in [7, 11) is 3.87. The van der Waals surface area contributed by atoms with Crippen molar-refractivity contribution in [2.24, 2.45) is 0 Å². The van der Waals surface area contributed by atoms with Gasteiger partial charge in [-0.1, -0.05) is 24.3 Å². The second-order valence-corrected chi connectivity index (χ2v) is 7.95. The highest BCUT2D eigenvalue weighted by atomic mass is 16.5. The number of fused-ring (bicyclic) bond motifs is 1. The molecule has 0 spiro atoms. The van der Waals surface area contributed by atoms with E-state index in [1.807, 2.05) is 43.3 Å². The zero-order valence-corrected chi connectivity index (χ0v) is 17.5. The van der Waals surface area contributed by atoms with Gasteiger partial charge in [-0.2, -0.15) is 0 Å². The molecule has 154 valence electrons. The standard InChI is InChI=1S/C24H30N2O3/c1-4-29-22-10-6-5-8-19(22)24(27)26-15-7-9-21-23(26)20(16-25(21)2)17-11-13-18(28-3)14-12-17/h5-6,8,10-14,20-21,23H,4,7,9,15-16H2,1-3H3/t20-,21-,23-/m1/s1. The van der Waals surface area contributed by atoms with Crippen LogP contribution in [0, 0.1) is 0 Å².